The normalized spacial score (nSPS) is 10.7. The molecule has 0 aromatic heterocycles. The molecule has 0 radical (unpaired) electrons. The molecule has 0 aliphatic rings. The van der Waals surface area contributed by atoms with Gasteiger partial charge in [0.15, 0.2) is 0 Å². The molecule has 2 rings (SSSR count). The van der Waals surface area contributed by atoms with Crippen LogP contribution in [0, 0.1) is 0 Å². The molecule has 1 heteroatoms. The van der Waals surface area contributed by atoms with Crippen molar-refractivity contribution in [3.05, 3.63) is 65.7 Å². The van der Waals surface area contributed by atoms with Gasteiger partial charge in [-0.25, -0.2) is 0 Å². The van der Waals surface area contributed by atoms with Crippen molar-refractivity contribution in [3.8, 4) is 0 Å². The molecule has 1 atom stereocenters. The molecular formula is C14H13As. The molecule has 2 aromatic rings. The Balaban J connectivity index is 2.15. The van der Waals surface area contributed by atoms with Crippen molar-refractivity contribution in [3.63, 3.8) is 0 Å². The summed E-state index contributed by atoms with van der Waals surface area (Å²) in [6.45, 7) is 0. The summed E-state index contributed by atoms with van der Waals surface area (Å²) >= 11 is 1.66. The molecular weight excluding hydrogens is 243 g/mol. The fourth-order valence-electron chi connectivity index (χ4n) is 1.36. The third-order valence-electron chi connectivity index (χ3n) is 2.20. The average molecular weight is 256 g/mol. The van der Waals surface area contributed by atoms with E-state index < -0.39 is 0 Å². The molecule has 0 spiro atoms. The van der Waals surface area contributed by atoms with E-state index in [0.717, 1.165) is 0 Å². The van der Waals surface area contributed by atoms with E-state index in [1.165, 1.54) is 15.5 Å². The molecule has 0 N–H and O–H groups in total. The van der Waals surface area contributed by atoms with Crippen LogP contribution < -0.4 is 4.35 Å². The maximum atomic E-state index is 2.16. The zero-order valence-corrected chi connectivity index (χ0v) is 10.9. The van der Waals surface area contributed by atoms with E-state index in [-0.39, 0.29) is 0 Å². The SMILES string of the molecule is [AsH2]c1ccc(C=Cc2ccccc2)cc1. The van der Waals surface area contributed by atoms with E-state index >= 15 is 0 Å². The van der Waals surface area contributed by atoms with Gasteiger partial charge in [-0.2, -0.15) is 0 Å². The van der Waals surface area contributed by atoms with Crippen LogP contribution in [0.4, 0.5) is 0 Å². The Morgan fingerprint density at radius 1 is 0.667 bits per heavy atom. The van der Waals surface area contributed by atoms with Crippen LogP contribution in [0.5, 0.6) is 0 Å². The van der Waals surface area contributed by atoms with Crippen molar-refractivity contribution in [2.24, 2.45) is 0 Å². The summed E-state index contributed by atoms with van der Waals surface area (Å²) < 4.78 is 1.36. The average Bonchev–Trinajstić information content (AvgIpc) is 2.30. The zero-order valence-electron chi connectivity index (χ0n) is 8.43. The fourth-order valence-corrected chi connectivity index (χ4v) is 1.77. The first kappa shape index (κ1) is 10.3. The van der Waals surface area contributed by atoms with E-state index in [1.807, 2.05) is 6.07 Å². The summed E-state index contributed by atoms with van der Waals surface area (Å²) in [6.07, 6.45) is 4.28. The number of hydrogen-bond acceptors (Lipinski definition) is 0. The molecule has 0 nitrogen and oxygen atoms in total. The molecule has 15 heavy (non-hydrogen) atoms. The summed E-state index contributed by atoms with van der Waals surface area (Å²) in [7, 11) is 0. The zero-order chi connectivity index (χ0) is 10.5. The van der Waals surface area contributed by atoms with E-state index in [2.05, 4.69) is 60.7 Å². The van der Waals surface area contributed by atoms with Gasteiger partial charge < -0.3 is 0 Å². The second kappa shape index (κ2) is 5.00. The van der Waals surface area contributed by atoms with Gasteiger partial charge in [-0.15, -0.1) is 0 Å². The molecule has 0 saturated heterocycles. The molecule has 0 heterocycles. The molecule has 74 valence electrons. The minimum absolute atomic E-state index is 1.24. The van der Waals surface area contributed by atoms with Crippen molar-refractivity contribution >= 4 is 33.4 Å². The Labute approximate surface area is 99.1 Å². The number of hydrogen-bond donors (Lipinski definition) is 0. The van der Waals surface area contributed by atoms with Crippen LogP contribution in [0.2, 0.25) is 0 Å². The van der Waals surface area contributed by atoms with Crippen LogP contribution in [0.15, 0.2) is 54.6 Å². The predicted molar refractivity (Wildman–Crippen MR) is 70.0 cm³/mol. The van der Waals surface area contributed by atoms with Gasteiger partial charge in [-0.1, -0.05) is 0 Å². The Morgan fingerprint density at radius 3 is 1.80 bits per heavy atom. The third kappa shape index (κ3) is 3.11. The van der Waals surface area contributed by atoms with Crippen molar-refractivity contribution in [2.75, 3.05) is 0 Å². The van der Waals surface area contributed by atoms with Crippen LogP contribution in [0.3, 0.4) is 0 Å². The van der Waals surface area contributed by atoms with Crippen molar-refractivity contribution in [1.82, 2.24) is 0 Å². The summed E-state index contributed by atoms with van der Waals surface area (Å²) in [5.41, 5.74) is 2.49. The first-order chi connectivity index (χ1) is 7.34. The maximum absolute atomic E-state index is 2.16. The Kier molecular flexibility index (Phi) is 3.42. The quantitative estimate of drug-likeness (QED) is 0.570. The minimum atomic E-state index is 1.24. The molecule has 0 fully saturated rings. The van der Waals surface area contributed by atoms with Crippen LogP contribution >= 0.6 is 0 Å². The topological polar surface area (TPSA) is 0 Å². The molecule has 0 saturated carbocycles. The Morgan fingerprint density at radius 2 is 1.20 bits per heavy atom. The Hall–Kier alpha value is -1.26. The molecule has 0 bridgehead atoms. The van der Waals surface area contributed by atoms with Gasteiger partial charge in [0.25, 0.3) is 0 Å². The predicted octanol–water partition coefficient (Wildman–Crippen LogP) is 2.12. The van der Waals surface area contributed by atoms with E-state index in [4.69, 9.17) is 0 Å². The number of rotatable bonds is 2. The summed E-state index contributed by atoms with van der Waals surface area (Å²) in [5.74, 6) is 0. The van der Waals surface area contributed by atoms with Crippen LogP contribution in [0.1, 0.15) is 11.1 Å². The first-order valence-corrected chi connectivity index (χ1v) is 6.14. The van der Waals surface area contributed by atoms with E-state index in [9.17, 15) is 0 Å². The summed E-state index contributed by atoms with van der Waals surface area (Å²) in [4.78, 5) is 0. The van der Waals surface area contributed by atoms with Gasteiger partial charge in [-0.05, 0) is 0 Å². The molecule has 0 aliphatic heterocycles. The van der Waals surface area contributed by atoms with Gasteiger partial charge in [0.1, 0.15) is 0 Å². The van der Waals surface area contributed by atoms with Crippen molar-refractivity contribution in [1.29, 1.82) is 0 Å². The van der Waals surface area contributed by atoms with Crippen molar-refractivity contribution < 1.29 is 0 Å². The number of benzene rings is 2. The third-order valence-corrected chi connectivity index (χ3v) is 3.01. The van der Waals surface area contributed by atoms with E-state index in [1.54, 1.807) is 16.9 Å². The van der Waals surface area contributed by atoms with Gasteiger partial charge in [0.2, 0.25) is 0 Å². The molecule has 1 unspecified atom stereocenters. The van der Waals surface area contributed by atoms with Gasteiger partial charge in [-0.3, -0.25) is 0 Å². The Bertz CT molecular complexity index is 441. The van der Waals surface area contributed by atoms with Gasteiger partial charge in [0, 0.05) is 0 Å². The monoisotopic (exact) mass is 256 g/mol. The molecule has 0 aliphatic carbocycles. The van der Waals surface area contributed by atoms with E-state index in [0.29, 0.717) is 0 Å². The summed E-state index contributed by atoms with van der Waals surface area (Å²) in [5, 5.41) is 0. The second-order valence-corrected chi connectivity index (χ2v) is 4.81. The fraction of sp³-hybridized carbons (Fsp3) is 0. The van der Waals surface area contributed by atoms with Crippen LogP contribution in [0.25, 0.3) is 12.2 Å². The molecule has 0 amide bonds. The van der Waals surface area contributed by atoms with Crippen LogP contribution in [-0.4, -0.2) is 16.9 Å². The van der Waals surface area contributed by atoms with Crippen LogP contribution in [-0.2, 0) is 0 Å². The standard InChI is InChI=1S/C14H13As/c15-14-10-8-13(9-11-14)7-6-12-4-2-1-3-5-12/h1-11H,15H2. The van der Waals surface area contributed by atoms with Crippen molar-refractivity contribution in [2.45, 2.75) is 0 Å². The second-order valence-electron chi connectivity index (χ2n) is 3.41. The summed E-state index contributed by atoms with van der Waals surface area (Å²) in [6, 6.07) is 19.0. The van der Waals surface area contributed by atoms with Gasteiger partial charge >= 0.3 is 99.1 Å². The molecule has 2 aromatic carbocycles. The van der Waals surface area contributed by atoms with Gasteiger partial charge in [0.05, 0.1) is 0 Å². The first-order valence-electron chi connectivity index (χ1n) is 4.93.